The molecule has 6 heteroatoms. The molecular formula is C23H32O4SSi. The van der Waals surface area contributed by atoms with Crippen molar-refractivity contribution in [1.29, 1.82) is 0 Å². The van der Waals surface area contributed by atoms with E-state index in [4.69, 9.17) is 8.61 Å². The lowest BCUT2D eigenvalue weighted by atomic mass is 10.2. The number of rotatable bonds is 9. The smallest absolute Gasteiger partial charge is 0.267 e. The van der Waals surface area contributed by atoms with Crippen molar-refractivity contribution in [3.05, 3.63) is 60.7 Å². The molecule has 158 valence electrons. The van der Waals surface area contributed by atoms with Gasteiger partial charge in [-0.25, -0.2) is 0 Å². The second-order valence-corrected chi connectivity index (χ2v) is 15.0. The molecule has 1 saturated carbocycles. The highest BCUT2D eigenvalue weighted by atomic mass is 32.2. The van der Waals surface area contributed by atoms with Crippen LogP contribution in [0.15, 0.2) is 60.7 Å². The molecule has 0 aliphatic heterocycles. The molecule has 0 bridgehead atoms. The summed E-state index contributed by atoms with van der Waals surface area (Å²) in [6.45, 7) is 8.79. The van der Waals surface area contributed by atoms with Crippen molar-refractivity contribution in [2.24, 2.45) is 0 Å². The zero-order valence-corrected chi connectivity index (χ0v) is 19.7. The average molecular weight is 433 g/mol. The normalized spacial score (nSPS) is 16.6. The van der Waals surface area contributed by atoms with Crippen LogP contribution in [0, 0.1) is 0 Å². The first-order chi connectivity index (χ1) is 13.6. The second kappa shape index (κ2) is 8.34. The van der Waals surface area contributed by atoms with Crippen LogP contribution in [0.5, 0.6) is 0 Å². The molecule has 0 N–H and O–H groups in total. The third-order valence-electron chi connectivity index (χ3n) is 5.53. The Kier molecular flexibility index (Phi) is 6.39. The largest absolute Gasteiger partial charge is 0.404 e. The topological polar surface area (TPSA) is 52.6 Å². The van der Waals surface area contributed by atoms with Gasteiger partial charge in [0.1, 0.15) is 5.60 Å². The van der Waals surface area contributed by atoms with Crippen molar-refractivity contribution in [1.82, 2.24) is 0 Å². The maximum absolute atomic E-state index is 12.3. The Balaban J connectivity index is 1.99. The average Bonchev–Trinajstić information content (AvgIpc) is 3.41. The van der Waals surface area contributed by atoms with Gasteiger partial charge >= 0.3 is 0 Å². The molecule has 1 fully saturated rings. The summed E-state index contributed by atoms with van der Waals surface area (Å²) in [5.74, 6) is 0.0496. The SMILES string of the molecule is CCCS(=O)(=O)OC1(CO[Si](c2ccccc2)(c2ccccc2)C(C)(C)C)CC1. The predicted octanol–water partition coefficient (Wildman–Crippen LogP) is 3.85. The van der Waals surface area contributed by atoms with E-state index in [0.29, 0.717) is 25.9 Å². The summed E-state index contributed by atoms with van der Waals surface area (Å²) in [6.07, 6.45) is 1.98. The van der Waals surface area contributed by atoms with Gasteiger partial charge in [-0.3, -0.25) is 4.18 Å². The van der Waals surface area contributed by atoms with Crippen molar-refractivity contribution < 1.29 is 17.0 Å². The predicted molar refractivity (Wildman–Crippen MR) is 121 cm³/mol. The van der Waals surface area contributed by atoms with Gasteiger partial charge in [-0.15, -0.1) is 0 Å². The lowest BCUT2D eigenvalue weighted by Gasteiger charge is -2.43. The molecule has 0 aromatic heterocycles. The molecule has 0 atom stereocenters. The van der Waals surface area contributed by atoms with E-state index in [1.165, 1.54) is 10.4 Å². The molecule has 2 aromatic carbocycles. The molecule has 3 rings (SSSR count). The van der Waals surface area contributed by atoms with E-state index < -0.39 is 24.0 Å². The molecule has 2 aromatic rings. The van der Waals surface area contributed by atoms with E-state index in [2.05, 4.69) is 45.0 Å². The Morgan fingerprint density at radius 1 is 0.931 bits per heavy atom. The molecule has 4 nitrogen and oxygen atoms in total. The quantitative estimate of drug-likeness (QED) is 0.446. The van der Waals surface area contributed by atoms with E-state index in [9.17, 15) is 8.42 Å². The molecular weight excluding hydrogens is 400 g/mol. The molecule has 0 unspecified atom stereocenters. The van der Waals surface area contributed by atoms with Crippen LogP contribution in [-0.2, 0) is 18.7 Å². The molecule has 0 saturated heterocycles. The molecule has 1 aliphatic rings. The van der Waals surface area contributed by atoms with Gasteiger partial charge in [0.15, 0.2) is 0 Å². The third-order valence-corrected chi connectivity index (χ3v) is 12.0. The molecule has 1 aliphatic carbocycles. The minimum atomic E-state index is -3.52. The minimum absolute atomic E-state index is 0.0496. The van der Waals surface area contributed by atoms with Gasteiger partial charge in [0.2, 0.25) is 0 Å². The van der Waals surface area contributed by atoms with Crippen molar-refractivity contribution in [2.45, 2.75) is 57.6 Å². The number of benzene rings is 2. The van der Waals surface area contributed by atoms with Gasteiger partial charge in [0.25, 0.3) is 18.4 Å². The standard InChI is InChI=1S/C23H32O4SSi/c1-5-18-28(24,25)27-23(16-17-23)19-26-29(22(2,3)4,20-12-8-6-9-13-20)21-14-10-7-11-15-21/h6-15H,5,16-19H2,1-4H3. The second-order valence-electron chi connectivity index (χ2n) is 8.98. The summed E-state index contributed by atoms with van der Waals surface area (Å²) in [7, 11) is -6.21. The molecule has 29 heavy (non-hydrogen) atoms. The maximum atomic E-state index is 12.3. The van der Waals surface area contributed by atoms with Crippen molar-refractivity contribution in [2.75, 3.05) is 12.4 Å². The number of hydrogen-bond acceptors (Lipinski definition) is 4. The van der Waals surface area contributed by atoms with Gasteiger partial charge in [0, 0.05) is 0 Å². The summed E-state index contributed by atoms with van der Waals surface area (Å²) < 4.78 is 37.1. The van der Waals surface area contributed by atoms with E-state index in [-0.39, 0.29) is 10.8 Å². The Bertz CT molecular complexity index is 861. The van der Waals surface area contributed by atoms with Crippen LogP contribution in [0.3, 0.4) is 0 Å². The van der Waals surface area contributed by atoms with Crippen LogP contribution >= 0.6 is 0 Å². The third kappa shape index (κ3) is 4.82. The first-order valence-corrected chi connectivity index (χ1v) is 13.8. The molecule has 0 radical (unpaired) electrons. The summed E-state index contributed by atoms with van der Waals surface area (Å²) >= 11 is 0. The van der Waals surface area contributed by atoms with Gasteiger partial charge in [-0.1, -0.05) is 88.4 Å². The van der Waals surface area contributed by atoms with Crippen LogP contribution < -0.4 is 10.4 Å². The summed E-state index contributed by atoms with van der Waals surface area (Å²) in [5, 5.41) is 2.23. The zero-order chi connectivity index (χ0) is 21.2. The Hall–Kier alpha value is -1.47. The van der Waals surface area contributed by atoms with E-state index in [1.54, 1.807) is 0 Å². The van der Waals surface area contributed by atoms with Gasteiger partial charge in [-0.05, 0) is 34.7 Å². The Morgan fingerprint density at radius 2 is 1.41 bits per heavy atom. The first kappa shape index (κ1) is 22.2. The van der Waals surface area contributed by atoms with Crippen molar-refractivity contribution in [3.63, 3.8) is 0 Å². The van der Waals surface area contributed by atoms with Crippen LogP contribution in [0.4, 0.5) is 0 Å². The van der Waals surface area contributed by atoms with Crippen LogP contribution in [0.25, 0.3) is 0 Å². The molecule has 0 amide bonds. The zero-order valence-electron chi connectivity index (χ0n) is 17.9. The van der Waals surface area contributed by atoms with Crippen molar-refractivity contribution in [3.8, 4) is 0 Å². The maximum Gasteiger partial charge on any atom is 0.267 e. The van der Waals surface area contributed by atoms with Crippen LogP contribution in [-0.4, -0.2) is 34.7 Å². The summed E-state index contributed by atoms with van der Waals surface area (Å²) in [6, 6.07) is 20.8. The summed E-state index contributed by atoms with van der Waals surface area (Å²) in [4.78, 5) is 0. The fourth-order valence-corrected chi connectivity index (χ4v) is 9.93. The van der Waals surface area contributed by atoms with Gasteiger partial charge < -0.3 is 4.43 Å². The highest BCUT2D eigenvalue weighted by Gasteiger charge is 2.55. The lowest BCUT2D eigenvalue weighted by molar-refractivity contribution is 0.109. The fourth-order valence-electron chi connectivity index (χ4n) is 3.95. The Labute approximate surface area is 176 Å². The van der Waals surface area contributed by atoms with Gasteiger partial charge in [-0.2, -0.15) is 8.42 Å². The number of hydrogen-bond donors (Lipinski definition) is 0. The Morgan fingerprint density at radius 3 is 1.79 bits per heavy atom. The fraction of sp³-hybridized carbons (Fsp3) is 0.478. The van der Waals surface area contributed by atoms with E-state index >= 15 is 0 Å². The highest BCUT2D eigenvalue weighted by Crippen LogP contribution is 2.44. The van der Waals surface area contributed by atoms with E-state index in [0.717, 1.165) is 0 Å². The van der Waals surface area contributed by atoms with Crippen LogP contribution in [0.1, 0.15) is 47.0 Å². The van der Waals surface area contributed by atoms with Crippen molar-refractivity contribution >= 4 is 28.8 Å². The molecule has 0 spiro atoms. The monoisotopic (exact) mass is 432 g/mol. The van der Waals surface area contributed by atoms with E-state index in [1.807, 2.05) is 43.3 Å². The molecule has 0 heterocycles. The summed E-state index contributed by atoms with van der Waals surface area (Å²) in [5.41, 5.74) is -0.707. The first-order valence-electron chi connectivity index (χ1n) is 10.3. The van der Waals surface area contributed by atoms with Crippen LogP contribution in [0.2, 0.25) is 5.04 Å². The lowest BCUT2D eigenvalue weighted by Crippen LogP contribution is -2.67. The minimum Gasteiger partial charge on any atom is -0.404 e. The highest BCUT2D eigenvalue weighted by molar-refractivity contribution is 7.86. The van der Waals surface area contributed by atoms with Gasteiger partial charge in [0.05, 0.1) is 12.4 Å².